The highest BCUT2D eigenvalue weighted by molar-refractivity contribution is 7.17. The fourth-order valence-electron chi connectivity index (χ4n) is 1.53. The molecule has 0 aromatic carbocycles. The van der Waals surface area contributed by atoms with Gasteiger partial charge in [0.25, 0.3) is 5.91 Å². The lowest BCUT2D eigenvalue weighted by atomic mass is 10.2. The molecule has 0 saturated carbocycles. The standard InChI is InChI=1S/C11H16N6OS/c1-3-12-11-16-15-10(19-11)9(18)13-5-4-8-6-14-17(2)7-8/h6-7H,3-5H2,1-2H3,(H,12,16)(H,13,18). The molecule has 2 N–H and O–H groups in total. The van der Waals surface area contributed by atoms with E-state index < -0.39 is 0 Å². The summed E-state index contributed by atoms with van der Waals surface area (Å²) in [4.78, 5) is 11.8. The first-order valence-corrected chi connectivity index (χ1v) is 6.83. The summed E-state index contributed by atoms with van der Waals surface area (Å²) in [6.07, 6.45) is 4.47. The first-order chi connectivity index (χ1) is 9.19. The third-order valence-electron chi connectivity index (χ3n) is 2.40. The largest absolute Gasteiger partial charge is 0.360 e. The maximum absolute atomic E-state index is 11.8. The van der Waals surface area contributed by atoms with Crippen molar-refractivity contribution in [2.75, 3.05) is 18.4 Å². The number of hydrogen-bond acceptors (Lipinski definition) is 6. The molecular weight excluding hydrogens is 264 g/mol. The van der Waals surface area contributed by atoms with Gasteiger partial charge in [0.2, 0.25) is 10.1 Å². The van der Waals surface area contributed by atoms with E-state index in [2.05, 4.69) is 25.9 Å². The van der Waals surface area contributed by atoms with Gasteiger partial charge in [-0.1, -0.05) is 11.3 Å². The molecule has 0 aliphatic carbocycles. The molecule has 1 amide bonds. The van der Waals surface area contributed by atoms with E-state index in [9.17, 15) is 4.79 Å². The normalized spacial score (nSPS) is 10.4. The van der Waals surface area contributed by atoms with E-state index in [1.54, 1.807) is 10.9 Å². The summed E-state index contributed by atoms with van der Waals surface area (Å²) in [6, 6.07) is 0. The molecule has 2 aromatic heterocycles. The number of carbonyl (C=O) groups excluding carboxylic acids is 1. The van der Waals surface area contributed by atoms with Crippen LogP contribution in [0, 0.1) is 0 Å². The molecule has 2 heterocycles. The number of carbonyl (C=O) groups is 1. The Kier molecular flexibility index (Phi) is 4.45. The Morgan fingerprint density at radius 1 is 1.47 bits per heavy atom. The zero-order valence-corrected chi connectivity index (χ0v) is 11.7. The average molecular weight is 280 g/mol. The number of hydrogen-bond donors (Lipinski definition) is 2. The van der Waals surface area contributed by atoms with Gasteiger partial charge in [0, 0.05) is 26.3 Å². The molecule has 0 saturated heterocycles. The lowest BCUT2D eigenvalue weighted by Gasteiger charge is -2.00. The zero-order chi connectivity index (χ0) is 13.7. The molecule has 0 radical (unpaired) electrons. The first kappa shape index (κ1) is 13.5. The summed E-state index contributed by atoms with van der Waals surface area (Å²) in [6.45, 7) is 3.28. The van der Waals surface area contributed by atoms with E-state index in [1.807, 2.05) is 20.2 Å². The minimum atomic E-state index is -0.189. The van der Waals surface area contributed by atoms with E-state index in [-0.39, 0.29) is 5.91 Å². The Morgan fingerprint density at radius 2 is 2.32 bits per heavy atom. The smallest absolute Gasteiger partial charge is 0.282 e. The van der Waals surface area contributed by atoms with Gasteiger partial charge in [0.1, 0.15) is 0 Å². The highest BCUT2D eigenvalue weighted by Gasteiger charge is 2.11. The van der Waals surface area contributed by atoms with Crippen LogP contribution in [-0.2, 0) is 13.5 Å². The third-order valence-corrected chi connectivity index (χ3v) is 3.28. The third kappa shape index (κ3) is 3.75. The lowest BCUT2D eigenvalue weighted by molar-refractivity contribution is 0.0953. The van der Waals surface area contributed by atoms with E-state index in [4.69, 9.17) is 0 Å². The minimum Gasteiger partial charge on any atom is -0.360 e. The molecule has 102 valence electrons. The minimum absolute atomic E-state index is 0.189. The van der Waals surface area contributed by atoms with Gasteiger partial charge in [0.15, 0.2) is 0 Å². The Morgan fingerprint density at radius 3 is 3.00 bits per heavy atom. The predicted molar refractivity (Wildman–Crippen MR) is 73.3 cm³/mol. The van der Waals surface area contributed by atoms with Gasteiger partial charge < -0.3 is 10.6 Å². The summed E-state index contributed by atoms with van der Waals surface area (Å²) in [5, 5.41) is 18.7. The van der Waals surface area contributed by atoms with Crippen LogP contribution < -0.4 is 10.6 Å². The van der Waals surface area contributed by atoms with Crippen molar-refractivity contribution in [3.63, 3.8) is 0 Å². The molecule has 0 fully saturated rings. The van der Waals surface area contributed by atoms with Crippen molar-refractivity contribution < 1.29 is 4.79 Å². The summed E-state index contributed by atoms with van der Waals surface area (Å²) in [5.74, 6) is -0.189. The molecule has 0 atom stereocenters. The van der Waals surface area contributed by atoms with Crippen molar-refractivity contribution in [2.24, 2.45) is 7.05 Å². The summed E-state index contributed by atoms with van der Waals surface area (Å²) in [7, 11) is 1.87. The van der Waals surface area contributed by atoms with Gasteiger partial charge in [-0.15, -0.1) is 10.2 Å². The van der Waals surface area contributed by atoms with Crippen molar-refractivity contribution in [3.05, 3.63) is 23.0 Å². The van der Waals surface area contributed by atoms with Crippen LogP contribution in [0.4, 0.5) is 5.13 Å². The molecule has 0 aliphatic heterocycles. The predicted octanol–water partition coefficient (Wildman–Crippen LogP) is 0.676. The van der Waals surface area contributed by atoms with Gasteiger partial charge in [-0.3, -0.25) is 9.48 Å². The van der Waals surface area contributed by atoms with E-state index in [0.717, 1.165) is 18.5 Å². The molecule has 0 aliphatic rings. The van der Waals surface area contributed by atoms with Crippen LogP contribution in [0.25, 0.3) is 0 Å². The van der Waals surface area contributed by atoms with E-state index >= 15 is 0 Å². The lowest BCUT2D eigenvalue weighted by Crippen LogP contribution is -2.25. The number of amides is 1. The summed E-state index contributed by atoms with van der Waals surface area (Å²) < 4.78 is 1.74. The van der Waals surface area contributed by atoms with Crippen molar-refractivity contribution in [3.8, 4) is 0 Å². The van der Waals surface area contributed by atoms with Gasteiger partial charge in [-0.05, 0) is 18.9 Å². The molecule has 2 rings (SSSR count). The van der Waals surface area contributed by atoms with Crippen molar-refractivity contribution >= 4 is 22.4 Å². The Bertz CT molecular complexity index is 549. The molecule has 7 nitrogen and oxygen atoms in total. The zero-order valence-electron chi connectivity index (χ0n) is 10.9. The monoisotopic (exact) mass is 280 g/mol. The number of nitrogens with zero attached hydrogens (tertiary/aromatic N) is 4. The first-order valence-electron chi connectivity index (χ1n) is 6.02. The molecule has 8 heteroatoms. The van der Waals surface area contributed by atoms with Crippen LogP contribution in [-0.4, -0.2) is 39.0 Å². The molecule has 0 unspecified atom stereocenters. The van der Waals surface area contributed by atoms with Crippen LogP contribution in [0.1, 0.15) is 22.3 Å². The molecule has 19 heavy (non-hydrogen) atoms. The highest BCUT2D eigenvalue weighted by Crippen LogP contribution is 2.14. The Hall–Kier alpha value is -1.96. The Balaban J connectivity index is 1.80. The van der Waals surface area contributed by atoms with Crippen molar-refractivity contribution in [2.45, 2.75) is 13.3 Å². The number of aryl methyl sites for hydroxylation is 1. The number of aromatic nitrogens is 4. The maximum Gasteiger partial charge on any atom is 0.282 e. The van der Waals surface area contributed by atoms with Crippen LogP contribution in [0.2, 0.25) is 0 Å². The van der Waals surface area contributed by atoms with Crippen LogP contribution in [0.5, 0.6) is 0 Å². The maximum atomic E-state index is 11.8. The van der Waals surface area contributed by atoms with Crippen LogP contribution >= 0.6 is 11.3 Å². The van der Waals surface area contributed by atoms with Gasteiger partial charge in [-0.2, -0.15) is 5.10 Å². The topological polar surface area (TPSA) is 84.7 Å². The Labute approximate surface area is 115 Å². The van der Waals surface area contributed by atoms with Crippen molar-refractivity contribution in [1.82, 2.24) is 25.3 Å². The van der Waals surface area contributed by atoms with E-state index in [1.165, 1.54) is 11.3 Å². The number of anilines is 1. The second kappa shape index (κ2) is 6.28. The fraction of sp³-hybridized carbons (Fsp3) is 0.455. The summed E-state index contributed by atoms with van der Waals surface area (Å²) >= 11 is 1.25. The van der Waals surface area contributed by atoms with Gasteiger partial charge in [-0.25, -0.2) is 0 Å². The highest BCUT2D eigenvalue weighted by atomic mass is 32.1. The molecule has 0 spiro atoms. The average Bonchev–Trinajstić information content (AvgIpc) is 2.99. The fourth-order valence-corrected chi connectivity index (χ4v) is 2.26. The molecule has 0 bridgehead atoms. The molecular formula is C11H16N6OS. The number of nitrogens with one attached hydrogen (secondary N) is 2. The number of rotatable bonds is 6. The quantitative estimate of drug-likeness (QED) is 0.812. The van der Waals surface area contributed by atoms with Gasteiger partial charge in [0.05, 0.1) is 6.20 Å². The van der Waals surface area contributed by atoms with Gasteiger partial charge >= 0.3 is 0 Å². The van der Waals surface area contributed by atoms with Crippen LogP contribution in [0.3, 0.4) is 0 Å². The molecule has 2 aromatic rings. The summed E-state index contributed by atoms with van der Waals surface area (Å²) in [5.41, 5.74) is 1.09. The van der Waals surface area contributed by atoms with Crippen LogP contribution in [0.15, 0.2) is 12.4 Å². The SMILES string of the molecule is CCNc1nnc(C(=O)NCCc2cnn(C)c2)s1. The van der Waals surface area contributed by atoms with Crippen molar-refractivity contribution in [1.29, 1.82) is 0 Å². The second-order valence-electron chi connectivity index (χ2n) is 3.97. The second-order valence-corrected chi connectivity index (χ2v) is 4.95. The van der Waals surface area contributed by atoms with E-state index in [0.29, 0.717) is 16.7 Å².